The molecule has 1 aromatic carbocycles. The first-order chi connectivity index (χ1) is 10.1. The number of amides is 2. The predicted molar refractivity (Wildman–Crippen MR) is 80.7 cm³/mol. The van der Waals surface area contributed by atoms with E-state index in [2.05, 4.69) is 4.98 Å². The first-order valence-electron chi connectivity index (χ1n) is 7.28. The van der Waals surface area contributed by atoms with Crippen molar-refractivity contribution in [3.63, 3.8) is 0 Å². The van der Waals surface area contributed by atoms with Gasteiger partial charge in [0.2, 0.25) is 5.91 Å². The Morgan fingerprint density at radius 1 is 1.24 bits per heavy atom. The van der Waals surface area contributed by atoms with Crippen LogP contribution in [0.3, 0.4) is 0 Å². The quantitative estimate of drug-likeness (QED) is 0.903. The zero-order chi connectivity index (χ0) is 14.8. The molecule has 0 bridgehead atoms. The number of nitrogens with one attached hydrogen (secondary N) is 1. The van der Waals surface area contributed by atoms with E-state index in [4.69, 9.17) is 5.73 Å². The Balaban J connectivity index is 1.67. The molecule has 3 N–H and O–H groups in total. The summed E-state index contributed by atoms with van der Waals surface area (Å²) in [5, 5.41) is 1.10. The van der Waals surface area contributed by atoms with Crippen LogP contribution in [0, 0.1) is 5.92 Å². The summed E-state index contributed by atoms with van der Waals surface area (Å²) < 4.78 is 0. The van der Waals surface area contributed by atoms with Crippen molar-refractivity contribution in [2.45, 2.75) is 19.3 Å². The van der Waals surface area contributed by atoms with E-state index in [1.54, 1.807) is 0 Å². The maximum absolute atomic E-state index is 12.5. The van der Waals surface area contributed by atoms with Gasteiger partial charge in [-0.05, 0) is 42.3 Å². The summed E-state index contributed by atoms with van der Waals surface area (Å²) >= 11 is 0. The molecule has 0 spiro atoms. The molecule has 5 nitrogen and oxygen atoms in total. The van der Waals surface area contributed by atoms with Gasteiger partial charge < -0.3 is 15.6 Å². The lowest BCUT2D eigenvalue weighted by Gasteiger charge is -2.31. The van der Waals surface area contributed by atoms with Gasteiger partial charge in [0, 0.05) is 36.8 Å². The molecule has 1 saturated heterocycles. The molecule has 1 aliphatic rings. The number of carbonyl (C=O) groups excluding carboxylic acids is 2. The number of H-pyrrole nitrogens is 1. The van der Waals surface area contributed by atoms with Gasteiger partial charge in [-0.2, -0.15) is 0 Å². The average molecular weight is 285 g/mol. The number of likely N-dealkylation sites (tertiary alicyclic amines) is 1. The van der Waals surface area contributed by atoms with E-state index in [1.807, 2.05) is 35.4 Å². The maximum atomic E-state index is 12.5. The zero-order valence-electron chi connectivity index (χ0n) is 11.8. The smallest absolute Gasteiger partial charge is 0.253 e. The highest BCUT2D eigenvalue weighted by atomic mass is 16.2. The van der Waals surface area contributed by atoms with Crippen LogP contribution in [0.4, 0.5) is 0 Å². The fourth-order valence-electron chi connectivity index (χ4n) is 2.99. The van der Waals surface area contributed by atoms with Crippen LogP contribution in [-0.2, 0) is 4.79 Å². The monoisotopic (exact) mass is 285 g/mol. The van der Waals surface area contributed by atoms with E-state index in [-0.39, 0.29) is 11.8 Å². The molecule has 2 amide bonds. The van der Waals surface area contributed by atoms with E-state index in [0.29, 0.717) is 31.0 Å². The summed E-state index contributed by atoms with van der Waals surface area (Å²) in [6, 6.07) is 7.71. The average Bonchev–Trinajstić information content (AvgIpc) is 2.94. The number of aromatic amines is 1. The predicted octanol–water partition coefficient (Wildman–Crippen LogP) is 1.90. The second-order valence-electron chi connectivity index (χ2n) is 5.69. The van der Waals surface area contributed by atoms with Crippen molar-refractivity contribution in [3.05, 3.63) is 36.0 Å². The Labute approximate surface area is 123 Å². The number of aromatic nitrogens is 1. The van der Waals surface area contributed by atoms with Crippen molar-refractivity contribution in [1.82, 2.24) is 9.88 Å². The van der Waals surface area contributed by atoms with Gasteiger partial charge in [0.05, 0.1) is 0 Å². The molecule has 5 heteroatoms. The number of benzene rings is 1. The number of hydrogen-bond donors (Lipinski definition) is 2. The minimum atomic E-state index is -0.253. The third-order valence-electron chi connectivity index (χ3n) is 4.19. The van der Waals surface area contributed by atoms with Crippen molar-refractivity contribution >= 4 is 22.7 Å². The van der Waals surface area contributed by atoms with E-state index in [1.165, 1.54) is 0 Å². The molecular weight excluding hydrogens is 266 g/mol. The number of rotatable bonds is 3. The maximum Gasteiger partial charge on any atom is 0.253 e. The molecule has 110 valence electrons. The summed E-state index contributed by atoms with van der Waals surface area (Å²) in [6.07, 6.45) is 3.99. The largest absolute Gasteiger partial charge is 0.370 e. The summed E-state index contributed by atoms with van der Waals surface area (Å²) in [6.45, 7) is 1.39. The molecule has 3 rings (SSSR count). The van der Waals surface area contributed by atoms with Crippen LogP contribution in [0.15, 0.2) is 30.5 Å². The lowest BCUT2D eigenvalue weighted by Crippen LogP contribution is -2.39. The number of primary amides is 1. The number of nitrogens with zero attached hydrogens (tertiary/aromatic N) is 1. The van der Waals surface area contributed by atoms with E-state index < -0.39 is 0 Å². The second-order valence-corrected chi connectivity index (χ2v) is 5.69. The number of nitrogens with two attached hydrogens (primary N) is 1. The lowest BCUT2D eigenvalue weighted by molar-refractivity contribution is -0.119. The minimum Gasteiger partial charge on any atom is -0.370 e. The Kier molecular flexibility index (Phi) is 3.64. The van der Waals surface area contributed by atoms with Crippen LogP contribution in [-0.4, -0.2) is 34.8 Å². The van der Waals surface area contributed by atoms with Gasteiger partial charge in [0.1, 0.15) is 0 Å². The fourth-order valence-corrected chi connectivity index (χ4v) is 2.99. The zero-order valence-corrected chi connectivity index (χ0v) is 11.8. The molecule has 0 atom stereocenters. The number of fused-ring (bicyclic) bond motifs is 1. The topological polar surface area (TPSA) is 79.2 Å². The van der Waals surface area contributed by atoms with Gasteiger partial charge in [-0.15, -0.1) is 0 Å². The van der Waals surface area contributed by atoms with Gasteiger partial charge >= 0.3 is 0 Å². The van der Waals surface area contributed by atoms with Crippen molar-refractivity contribution in [1.29, 1.82) is 0 Å². The van der Waals surface area contributed by atoms with Crippen LogP contribution in [0.5, 0.6) is 0 Å². The highest BCUT2D eigenvalue weighted by Gasteiger charge is 2.24. The third kappa shape index (κ3) is 2.91. The van der Waals surface area contributed by atoms with E-state index in [9.17, 15) is 9.59 Å². The lowest BCUT2D eigenvalue weighted by atomic mass is 9.93. The molecular formula is C16H19N3O2. The number of carbonyl (C=O) groups is 2. The van der Waals surface area contributed by atoms with Gasteiger partial charge in [0.25, 0.3) is 5.91 Å². The highest BCUT2D eigenvalue weighted by Crippen LogP contribution is 2.22. The molecule has 1 fully saturated rings. The molecule has 0 radical (unpaired) electrons. The summed E-state index contributed by atoms with van der Waals surface area (Å²) in [4.78, 5) is 28.4. The molecule has 21 heavy (non-hydrogen) atoms. The SMILES string of the molecule is NC(=O)CC1CCN(C(=O)c2ccc3cc[nH]c3c2)CC1. The molecule has 0 unspecified atom stereocenters. The van der Waals surface area contributed by atoms with Crippen LogP contribution < -0.4 is 5.73 Å². The van der Waals surface area contributed by atoms with Crippen molar-refractivity contribution < 1.29 is 9.59 Å². The Morgan fingerprint density at radius 2 is 2.00 bits per heavy atom. The molecule has 1 aromatic heterocycles. The van der Waals surface area contributed by atoms with Crippen molar-refractivity contribution in [2.75, 3.05) is 13.1 Å². The van der Waals surface area contributed by atoms with Crippen LogP contribution >= 0.6 is 0 Å². The standard InChI is InChI=1S/C16H19N3O2/c17-15(20)9-11-4-7-19(8-5-11)16(21)13-2-1-12-3-6-18-14(12)10-13/h1-3,6,10-11,18H,4-5,7-9H2,(H2,17,20). The third-order valence-corrected chi connectivity index (χ3v) is 4.19. The fraction of sp³-hybridized carbons (Fsp3) is 0.375. The molecule has 2 aromatic rings. The number of hydrogen-bond acceptors (Lipinski definition) is 2. The minimum absolute atomic E-state index is 0.0593. The van der Waals surface area contributed by atoms with Crippen LogP contribution in [0.25, 0.3) is 10.9 Å². The van der Waals surface area contributed by atoms with Crippen LogP contribution in [0.2, 0.25) is 0 Å². The van der Waals surface area contributed by atoms with Gasteiger partial charge in [-0.3, -0.25) is 9.59 Å². The normalized spacial score (nSPS) is 16.3. The first-order valence-corrected chi connectivity index (χ1v) is 7.28. The van der Waals surface area contributed by atoms with E-state index in [0.717, 1.165) is 23.7 Å². The number of piperidine rings is 1. The Morgan fingerprint density at radius 3 is 2.71 bits per heavy atom. The summed E-state index contributed by atoms with van der Waals surface area (Å²) in [7, 11) is 0. The first kappa shape index (κ1) is 13.7. The van der Waals surface area contributed by atoms with Crippen molar-refractivity contribution in [3.8, 4) is 0 Å². The van der Waals surface area contributed by atoms with E-state index >= 15 is 0 Å². The molecule has 2 heterocycles. The molecule has 1 aliphatic heterocycles. The van der Waals surface area contributed by atoms with Crippen LogP contribution in [0.1, 0.15) is 29.6 Å². The van der Waals surface area contributed by atoms with Gasteiger partial charge in [-0.1, -0.05) is 6.07 Å². The van der Waals surface area contributed by atoms with Gasteiger partial charge in [-0.25, -0.2) is 0 Å². The Bertz CT molecular complexity index is 669. The summed E-state index contributed by atoms with van der Waals surface area (Å²) in [5.41, 5.74) is 6.91. The summed E-state index contributed by atoms with van der Waals surface area (Å²) in [5.74, 6) is 0.124. The highest BCUT2D eigenvalue weighted by molar-refractivity contribution is 5.98. The van der Waals surface area contributed by atoms with Crippen molar-refractivity contribution in [2.24, 2.45) is 11.7 Å². The Hall–Kier alpha value is -2.30. The second kappa shape index (κ2) is 5.60. The molecule has 0 aliphatic carbocycles. The van der Waals surface area contributed by atoms with Gasteiger partial charge in [0.15, 0.2) is 0 Å². The molecule has 0 saturated carbocycles.